The summed E-state index contributed by atoms with van der Waals surface area (Å²) in [6.07, 6.45) is 82.0. The number of hydrogen-bond donors (Lipinski definition) is 2. The molecule has 0 fully saturated rings. The zero-order valence-corrected chi connectivity index (χ0v) is 69.9. The van der Waals surface area contributed by atoms with Crippen molar-refractivity contribution in [2.24, 2.45) is 0 Å². The first-order valence-electron chi connectivity index (χ1n) is 40.9. The maximum absolute atomic E-state index is 8.31. The highest BCUT2D eigenvalue weighted by molar-refractivity contribution is 5.88. The van der Waals surface area contributed by atoms with Gasteiger partial charge in [-0.15, -0.1) is 0 Å². The normalized spacial score (nSPS) is 12.3. The molecule has 1 aliphatic carbocycles. The third kappa shape index (κ3) is 65.2. The summed E-state index contributed by atoms with van der Waals surface area (Å²) in [6, 6.07) is 49.3. The summed E-state index contributed by atoms with van der Waals surface area (Å²) >= 11 is 0. The van der Waals surface area contributed by atoms with E-state index in [2.05, 4.69) is 331 Å². The van der Waals surface area contributed by atoms with Gasteiger partial charge < -0.3 is 10.1 Å². The van der Waals surface area contributed by atoms with Crippen molar-refractivity contribution in [3.63, 3.8) is 0 Å². The van der Waals surface area contributed by atoms with Crippen LogP contribution in [0.25, 0.3) is 46.1 Å². The van der Waals surface area contributed by atoms with Crippen molar-refractivity contribution in [2.75, 3.05) is 6.61 Å². The van der Waals surface area contributed by atoms with E-state index in [0.717, 1.165) is 63.4 Å². The Kier molecular flexibility index (Phi) is 73.2. The van der Waals surface area contributed by atoms with Crippen LogP contribution in [-0.4, -0.2) is 21.7 Å². The Morgan fingerprint density at radius 2 is 0.897 bits per heavy atom. The first-order valence-corrected chi connectivity index (χ1v) is 40.9. The zero-order valence-electron chi connectivity index (χ0n) is 69.9. The molecule has 0 spiro atoms. The number of aromatic amines is 1. The Hall–Kier alpha value is -8.88. The molecule has 580 valence electrons. The molecule has 0 bridgehead atoms. The third-order valence-electron chi connectivity index (χ3n) is 16.1. The maximum atomic E-state index is 8.31. The summed E-state index contributed by atoms with van der Waals surface area (Å²) in [6.45, 7) is 39.2. The van der Waals surface area contributed by atoms with Gasteiger partial charge in [0, 0.05) is 29.5 Å². The number of allylic oxidation sites excluding steroid dienone is 18. The molecule has 0 saturated heterocycles. The highest BCUT2D eigenvalue weighted by Crippen LogP contribution is 2.21. The molecular weight excluding hydrogens is 1300 g/mol. The smallest absolute Gasteiger partial charge is 0.187 e. The minimum absolute atomic E-state index is 0.153. The summed E-state index contributed by atoms with van der Waals surface area (Å²) in [4.78, 5) is 10.5. The molecule has 5 aromatic carbocycles. The van der Waals surface area contributed by atoms with Crippen LogP contribution in [0, 0.1) is 13.5 Å². The lowest BCUT2D eigenvalue weighted by Crippen LogP contribution is -1.87. The molecule has 4 heteroatoms. The molecule has 0 amide bonds. The summed E-state index contributed by atoms with van der Waals surface area (Å²) in [5.41, 5.74) is 15.5. The van der Waals surface area contributed by atoms with Gasteiger partial charge in [0.25, 0.3) is 0 Å². The van der Waals surface area contributed by atoms with Gasteiger partial charge in [-0.05, 0) is 201 Å². The summed E-state index contributed by atoms with van der Waals surface area (Å²) in [5, 5.41) is 9.61. The van der Waals surface area contributed by atoms with E-state index in [9.17, 15) is 0 Å². The molecule has 0 saturated carbocycles. The van der Waals surface area contributed by atoms with Crippen LogP contribution >= 0.6 is 0 Å². The van der Waals surface area contributed by atoms with Gasteiger partial charge in [-0.2, -0.15) is 0 Å². The largest absolute Gasteiger partial charge is 0.392 e. The number of fused-ring (bicyclic) bond motifs is 1. The molecular formula is C103H147N3O. The van der Waals surface area contributed by atoms with Crippen LogP contribution in [0.5, 0.6) is 0 Å². The van der Waals surface area contributed by atoms with Gasteiger partial charge in [-0.25, -0.2) is 4.85 Å². The Morgan fingerprint density at radius 3 is 1.40 bits per heavy atom. The number of hydrogen-bond acceptors (Lipinski definition) is 2. The molecule has 2 aromatic heterocycles. The lowest BCUT2D eigenvalue weighted by molar-refractivity contribution is 0.342. The topological polar surface area (TPSA) is 53.3 Å². The standard InChI is InChI=1S/C14H26.C12H13N.C11H11N.2C11H14.C11H20.C10H12.C9H11N.C8H14O.C6H12/c1-2-14-12-10-8-6-4-3-5-7-9-11-13-14;1-2-3-6-10-9-13-12-8-5-4-7-11(10)12;1-3-4-5-10-6-8-11(12-2)9-7-10;1-3-4-5-11-8-6-10(2)7-9-11;1-2-3-5-8-11-9-6-4-7-10-11;1-5-7-11(4)9-6-8-10(2)3;1-2-3-7-10-8-5-4-6-9-10;1-2-3-4-9-5-7-10-8-6-9;1-2-3-4-5-6-7-8-9;1-3-5-6-4-2/h12H,2-11,13H2,1H3;3-9,13H,2H2,1H3;4-9H,3H2,1H3;4-9H,3H2,1-2H3;3-7,9-10H,2,8H2,1H3;7-8H,5-6,9H2,1-4H3;3-9H,2H2,1H3;3-8H,2H2,1H3;3-4,6-7,9H,2,5,8H2,1H3;5-6H,3-4H2,1-2H3/b;6-3+;2*5-4+;5-3+;11-7+;7-3+;4-3+;4-3+,7-6+;6-5+. The number of aryl methyl sites for hydroxylation is 1. The Labute approximate surface area is 657 Å². The average Bonchev–Trinajstić information content (AvgIpc) is 1.70. The van der Waals surface area contributed by atoms with Crippen molar-refractivity contribution in [1.82, 2.24) is 9.97 Å². The van der Waals surface area contributed by atoms with Crippen molar-refractivity contribution >= 4 is 47.0 Å². The minimum Gasteiger partial charge on any atom is -0.392 e. The van der Waals surface area contributed by atoms with Crippen LogP contribution in [0.15, 0.2) is 278 Å². The SMILES string of the molecule is CC/C=C(\C)CCC=C(C)C.CC/C=C/C/C=C/CO.CC/C=C/CC.CC/C=C/Cc1ccccc1.CC/C=C/c1c[nH]c2ccccc12.CC/C=C/c1ccc(C)cc1.CC/C=C/c1ccccc1.CC/C=C/c1ccncc1.CCC1=CCCCCCCCCCC1.[C-]#[N+]c1ccc(/C=C/CC)cc1. The van der Waals surface area contributed by atoms with E-state index in [1.54, 1.807) is 24.0 Å². The number of aliphatic hydroxyl groups excluding tert-OH is 1. The average molecular weight is 1440 g/mol. The van der Waals surface area contributed by atoms with E-state index in [4.69, 9.17) is 11.7 Å². The van der Waals surface area contributed by atoms with Gasteiger partial charge in [-0.1, -0.05) is 392 Å². The van der Waals surface area contributed by atoms with Crippen molar-refractivity contribution in [3.8, 4) is 0 Å². The van der Waals surface area contributed by atoms with Crippen LogP contribution in [0.2, 0.25) is 0 Å². The summed E-state index contributed by atoms with van der Waals surface area (Å²) < 4.78 is 0. The Morgan fingerprint density at radius 1 is 0.449 bits per heavy atom. The van der Waals surface area contributed by atoms with Crippen molar-refractivity contribution < 1.29 is 5.11 Å². The lowest BCUT2D eigenvalue weighted by Gasteiger charge is -2.07. The Balaban J connectivity index is 0. The van der Waals surface area contributed by atoms with Gasteiger partial charge >= 0.3 is 0 Å². The fourth-order valence-corrected chi connectivity index (χ4v) is 10.0. The highest BCUT2D eigenvalue weighted by atomic mass is 16.2. The quantitative estimate of drug-likeness (QED) is 0.0468. The number of benzene rings is 5. The number of para-hydroxylation sites is 1. The fourth-order valence-electron chi connectivity index (χ4n) is 10.0. The molecule has 107 heavy (non-hydrogen) atoms. The second kappa shape index (κ2) is 78.2. The molecule has 7 aromatic rings. The van der Waals surface area contributed by atoms with E-state index in [1.165, 1.54) is 158 Å². The van der Waals surface area contributed by atoms with Gasteiger partial charge in [0.15, 0.2) is 5.69 Å². The number of H-pyrrole nitrogens is 1. The van der Waals surface area contributed by atoms with Crippen LogP contribution in [0.3, 0.4) is 0 Å². The number of pyridine rings is 1. The molecule has 1 aliphatic rings. The second-order valence-electron chi connectivity index (χ2n) is 26.1. The number of aliphatic hydroxyl groups is 1. The monoisotopic (exact) mass is 1440 g/mol. The molecule has 0 aliphatic heterocycles. The summed E-state index contributed by atoms with van der Waals surface area (Å²) in [5.74, 6) is 0. The number of rotatable bonds is 24. The van der Waals surface area contributed by atoms with E-state index in [-0.39, 0.29) is 6.61 Å². The second-order valence-corrected chi connectivity index (χ2v) is 26.1. The van der Waals surface area contributed by atoms with Crippen molar-refractivity contribution in [3.05, 3.63) is 328 Å². The summed E-state index contributed by atoms with van der Waals surface area (Å²) in [7, 11) is 0. The van der Waals surface area contributed by atoms with Gasteiger partial charge in [0.1, 0.15) is 0 Å². The number of nitrogens with one attached hydrogen (secondary N) is 1. The molecule has 8 rings (SSSR count). The lowest BCUT2D eigenvalue weighted by atomic mass is 9.99. The van der Waals surface area contributed by atoms with E-state index in [1.807, 2.05) is 60.7 Å². The fraction of sp³-hybridized carbons (Fsp3) is 0.398. The van der Waals surface area contributed by atoms with Crippen LogP contribution in [0.4, 0.5) is 5.69 Å². The first kappa shape index (κ1) is 100. The van der Waals surface area contributed by atoms with Gasteiger partial charge in [0.2, 0.25) is 0 Å². The first-order chi connectivity index (χ1) is 52.3. The van der Waals surface area contributed by atoms with Crippen molar-refractivity contribution in [1.29, 1.82) is 0 Å². The predicted molar refractivity (Wildman–Crippen MR) is 486 cm³/mol. The number of aromatic nitrogens is 2. The predicted octanol–water partition coefficient (Wildman–Crippen LogP) is 33.1. The molecule has 0 atom stereocenters. The third-order valence-corrected chi connectivity index (χ3v) is 16.1. The van der Waals surface area contributed by atoms with E-state index >= 15 is 0 Å². The molecule has 4 nitrogen and oxygen atoms in total. The molecule has 2 N–H and O–H groups in total. The van der Waals surface area contributed by atoms with Crippen LogP contribution in [-0.2, 0) is 6.42 Å². The van der Waals surface area contributed by atoms with Gasteiger partial charge in [0.05, 0.1) is 13.2 Å². The Bertz CT molecular complexity index is 3440. The zero-order chi connectivity index (χ0) is 79.0. The van der Waals surface area contributed by atoms with Crippen LogP contribution < -0.4 is 0 Å². The highest BCUT2D eigenvalue weighted by Gasteiger charge is 2.00. The van der Waals surface area contributed by atoms with Crippen LogP contribution in [0.1, 0.15) is 290 Å². The molecule has 0 unspecified atom stereocenters. The minimum atomic E-state index is 0.153. The van der Waals surface area contributed by atoms with E-state index < -0.39 is 0 Å². The van der Waals surface area contributed by atoms with E-state index in [0.29, 0.717) is 5.69 Å². The maximum Gasteiger partial charge on any atom is 0.187 e. The number of nitrogens with zero attached hydrogens (tertiary/aromatic N) is 2. The van der Waals surface area contributed by atoms with Gasteiger partial charge in [-0.3, -0.25) is 4.98 Å². The van der Waals surface area contributed by atoms with Crippen molar-refractivity contribution in [2.45, 2.75) is 264 Å². The molecule has 0 radical (unpaired) electrons. The molecule has 2 heterocycles.